The molecule has 0 saturated carbocycles. The molecule has 0 bridgehead atoms. The summed E-state index contributed by atoms with van der Waals surface area (Å²) in [7, 11) is 0. The van der Waals surface area contributed by atoms with Gasteiger partial charge in [0.2, 0.25) is 0 Å². The molecule has 3 heteroatoms. The number of aromatic nitrogens is 2. The molecule has 0 unspecified atom stereocenters. The SMILES string of the molecule is [CH3][Al]([CH3])[n]1cnc2ccccc21. The predicted octanol–water partition coefficient (Wildman–Crippen LogP) is 2.14. The van der Waals surface area contributed by atoms with Gasteiger partial charge >= 0.3 is 14.4 Å². The van der Waals surface area contributed by atoms with Crippen LogP contribution in [0, 0.1) is 0 Å². The number of rotatable bonds is 1. The Morgan fingerprint density at radius 2 is 2.00 bits per heavy atom. The zero-order chi connectivity index (χ0) is 8.55. The Morgan fingerprint density at radius 1 is 1.25 bits per heavy atom. The van der Waals surface area contributed by atoms with Crippen LogP contribution in [-0.2, 0) is 0 Å². The molecule has 2 aromatic rings. The van der Waals surface area contributed by atoms with E-state index in [9.17, 15) is 0 Å². The number of benzene rings is 1. The highest BCUT2D eigenvalue weighted by Crippen LogP contribution is 2.11. The Balaban J connectivity index is 2.70. The van der Waals surface area contributed by atoms with Crippen LogP contribution in [0.2, 0.25) is 11.6 Å². The minimum atomic E-state index is -0.776. The molecule has 0 N–H and O–H groups in total. The molecule has 2 nitrogen and oxygen atoms in total. The lowest BCUT2D eigenvalue weighted by molar-refractivity contribution is 1.20. The van der Waals surface area contributed by atoms with Gasteiger partial charge in [-0.15, -0.1) is 0 Å². The summed E-state index contributed by atoms with van der Waals surface area (Å²) < 4.78 is 2.31. The van der Waals surface area contributed by atoms with Gasteiger partial charge in [0.1, 0.15) is 0 Å². The van der Waals surface area contributed by atoms with E-state index in [0.717, 1.165) is 5.52 Å². The molecule has 0 atom stereocenters. The van der Waals surface area contributed by atoms with Gasteiger partial charge in [-0.2, -0.15) is 0 Å². The van der Waals surface area contributed by atoms with Crippen LogP contribution in [0.3, 0.4) is 0 Å². The van der Waals surface area contributed by atoms with Gasteiger partial charge in [0.25, 0.3) is 0 Å². The lowest BCUT2D eigenvalue weighted by Gasteiger charge is -2.02. The fourth-order valence-corrected chi connectivity index (χ4v) is 2.50. The molecule has 1 heterocycles. The van der Waals surface area contributed by atoms with E-state index in [-0.39, 0.29) is 0 Å². The van der Waals surface area contributed by atoms with Crippen LogP contribution in [-0.4, -0.2) is 22.9 Å². The Bertz CT molecular complexity index is 392. The molecule has 0 saturated heterocycles. The van der Waals surface area contributed by atoms with E-state index in [1.54, 1.807) is 0 Å². The van der Waals surface area contributed by atoms with Crippen LogP contribution in [0.5, 0.6) is 0 Å². The summed E-state index contributed by atoms with van der Waals surface area (Å²) in [6, 6.07) is 8.29. The molecule has 1 aromatic heterocycles. The van der Waals surface area contributed by atoms with E-state index < -0.39 is 14.4 Å². The molecule has 0 amide bonds. The normalized spacial score (nSPS) is 10.5. The number of imidazole rings is 1. The summed E-state index contributed by atoms with van der Waals surface area (Å²) in [5, 5.41) is 0. The quantitative estimate of drug-likeness (QED) is 0.605. The molecule has 0 spiro atoms. The minimum absolute atomic E-state index is 0.776. The number of hydrogen-bond acceptors (Lipinski definition) is 1. The molecular formula is C9H11AlN2. The molecule has 2 rings (SSSR count). The van der Waals surface area contributed by atoms with Crippen molar-refractivity contribution in [3.8, 4) is 0 Å². The Labute approximate surface area is 76.4 Å². The van der Waals surface area contributed by atoms with Gasteiger partial charge in [0.05, 0.1) is 11.8 Å². The minimum Gasteiger partial charge on any atom is -0.424 e. The summed E-state index contributed by atoms with van der Waals surface area (Å²) >= 11 is -0.776. The van der Waals surface area contributed by atoms with Gasteiger partial charge < -0.3 is 3.55 Å². The average Bonchev–Trinajstić information content (AvgIpc) is 2.47. The van der Waals surface area contributed by atoms with E-state index in [1.807, 2.05) is 12.4 Å². The standard InChI is InChI=1S/C7H5N2.2CH3.Al/c1-2-4-7-6(3-1)8-5-9-7;;;/h1-5H;2*1H3;/q-1;;;+1. The second-order valence-electron chi connectivity index (χ2n) is 3.23. The zero-order valence-electron chi connectivity index (χ0n) is 7.36. The van der Waals surface area contributed by atoms with Crippen LogP contribution < -0.4 is 0 Å². The van der Waals surface area contributed by atoms with Crippen molar-refractivity contribution in [2.75, 3.05) is 0 Å². The first-order valence-corrected chi connectivity index (χ1v) is 7.03. The number of para-hydroxylation sites is 2. The largest absolute Gasteiger partial charge is 0.424 e. The third kappa shape index (κ3) is 1.16. The monoisotopic (exact) mass is 174 g/mol. The first-order valence-electron chi connectivity index (χ1n) is 4.20. The maximum Gasteiger partial charge on any atom is 0.414 e. The van der Waals surface area contributed by atoms with Gasteiger partial charge in [-0.25, -0.2) is 4.98 Å². The highest BCUT2D eigenvalue weighted by Gasteiger charge is 2.09. The molecule has 0 radical (unpaired) electrons. The first-order chi connectivity index (χ1) is 5.79. The molecule has 12 heavy (non-hydrogen) atoms. The van der Waals surface area contributed by atoms with E-state index >= 15 is 0 Å². The number of fused-ring (bicyclic) bond motifs is 1. The fourth-order valence-electron chi connectivity index (χ4n) is 1.39. The molecule has 60 valence electrons. The molecule has 0 aliphatic heterocycles. The van der Waals surface area contributed by atoms with Gasteiger partial charge in [0.15, 0.2) is 0 Å². The summed E-state index contributed by atoms with van der Waals surface area (Å²) in [5.74, 6) is 4.60. The van der Waals surface area contributed by atoms with Crippen molar-refractivity contribution in [2.24, 2.45) is 0 Å². The summed E-state index contributed by atoms with van der Waals surface area (Å²) in [5.41, 5.74) is 2.39. The smallest absolute Gasteiger partial charge is 0.414 e. The van der Waals surface area contributed by atoms with Crippen LogP contribution in [0.4, 0.5) is 0 Å². The number of nitrogens with zero attached hydrogens (tertiary/aromatic N) is 2. The topological polar surface area (TPSA) is 17.8 Å². The third-order valence-corrected chi connectivity index (χ3v) is 3.56. The highest BCUT2D eigenvalue weighted by atomic mass is 27.2. The van der Waals surface area contributed by atoms with E-state index in [2.05, 4.69) is 38.3 Å². The lowest BCUT2D eigenvalue weighted by atomic mass is 10.3. The van der Waals surface area contributed by atoms with Gasteiger partial charge in [-0.1, -0.05) is 23.7 Å². The molecule has 0 aliphatic rings. The van der Waals surface area contributed by atoms with Crippen molar-refractivity contribution in [3.05, 3.63) is 30.6 Å². The maximum absolute atomic E-state index is 4.34. The van der Waals surface area contributed by atoms with Crippen molar-refractivity contribution < 1.29 is 0 Å². The molecule has 0 fully saturated rings. The highest BCUT2D eigenvalue weighted by molar-refractivity contribution is 6.55. The Kier molecular flexibility index (Phi) is 1.92. The Hall–Kier alpha value is -0.778. The summed E-state index contributed by atoms with van der Waals surface area (Å²) in [4.78, 5) is 4.34. The molecule has 1 aromatic carbocycles. The zero-order valence-corrected chi connectivity index (χ0v) is 8.51. The van der Waals surface area contributed by atoms with Gasteiger partial charge in [-0.05, 0) is 12.1 Å². The fraction of sp³-hybridized carbons (Fsp3) is 0.222. The van der Waals surface area contributed by atoms with Crippen LogP contribution in [0.15, 0.2) is 30.6 Å². The van der Waals surface area contributed by atoms with E-state index in [1.165, 1.54) is 5.52 Å². The van der Waals surface area contributed by atoms with Crippen molar-refractivity contribution in [1.82, 2.24) is 8.53 Å². The first kappa shape index (κ1) is 7.85. The van der Waals surface area contributed by atoms with Crippen molar-refractivity contribution in [1.29, 1.82) is 0 Å². The summed E-state index contributed by atoms with van der Waals surface area (Å²) in [6.07, 6.45) is 1.96. The van der Waals surface area contributed by atoms with Crippen molar-refractivity contribution in [3.63, 3.8) is 0 Å². The van der Waals surface area contributed by atoms with E-state index in [4.69, 9.17) is 0 Å². The van der Waals surface area contributed by atoms with Crippen molar-refractivity contribution >= 4 is 25.4 Å². The van der Waals surface area contributed by atoms with Crippen molar-refractivity contribution in [2.45, 2.75) is 11.6 Å². The third-order valence-electron chi connectivity index (χ3n) is 2.04. The van der Waals surface area contributed by atoms with Crippen LogP contribution >= 0.6 is 0 Å². The number of hydrogen-bond donors (Lipinski definition) is 0. The lowest BCUT2D eigenvalue weighted by Crippen LogP contribution is -2.13. The maximum atomic E-state index is 4.34. The Morgan fingerprint density at radius 3 is 2.75 bits per heavy atom. The molecule has 0 aliphatic carbocycles. The van der Waals surface area contributed by atoms with Gasteiger partial charge in [-0.3, -0.25) is 0 Å². The molecular weight excluding hydrogens is 163 g/mol. The van der Waals surface area contributed by atoms with Crippen LogP contribution in [0.25, 0.3) is 11.0 Å². The second-order valence-corrected chi connectivity index (χ2v) is 5.98. The van der Waals surface area contributed by atoms with E-state index in [0.29, 0.717) is 0 Å². The predicted molar refractivity (Wildman–Crippen MR) is 52.6 cm³/mol. The van der Waals surface area contributed by atoms with Gasteiger partial charge in [0, 0.05) is 5.52 Å². The second kappa shape index (κ2) is 2.93. The summed E-state index contributed by atoms with van der Waals surface area (Å²) in [6.45, 7) is 0. The van der Waals surface area contributed by atoms with Crippen LogP contribution in [0.1, 0.15) is 0 Å². The average molecular weight is 174 g/mol.